The lowest BCUT2D eigenvalue weighted by Crippen LogP contribution is -2.11. The molecule has 0 spiro atoms. The van der Waals surface area contributed by atoms with Crippen molar-refractivity contribution in [2.45, 2.75) is 18.9 Å². The van der Waals surface area contributed by atoms with Gasteiger partial charge in [0.05, 0.1) is 5.38 Å². The van der Waals surface area contributed by atoms with Gasteiger partial charge < -0.3 is 4.74 Å². The number of hydrogen-bond acceptors (Lipinski definition) is 2. The first-order chi connectivity index (χ1) is 7.40. The molecule has 88 valence electrons. The van der Waals surface area contributed by atoms with Crippen molar-refractivity contribution in [1.29, 1.82) is 0 Å². The quantitative estimate of drug-likeness (QED) is 0.614. The number of benzene rings is 1. The molecule has 0 heterocycles. The zero-order chi connectivity index (χ0) is 12.3. The van der Waals surface area contributed by atoms with Crippen molar-refractivity contribution in [3.63, 3.8) is 0 Å². The topological polar surface area (TPSA) is 26.3 Å². The van der Waals surface area contributed by atoms with Crippen LogP contribution in [0.1, 0.15) is 17.3 Å². The maximum Gasteiger partial charge on any atom is 0.387 e. The number of hydrogen-bond donors (Lipinski definition) is 0. The van der Waals surface area contributed by atoms with Crippen LogP contribution in [-0.2, 0) is 0 Å². The van der Waals surface area contributed by atoms with Crippen LogP contribution in [0.4, 0.5) is 8.78 Å². The minimum atomic E-state index is -2.96. The van der Waals surface area contributed by atoms with Gasteiger partial charge in [-0.25, -0.2) is 0 Å². The predicted molar refractivity (Wildman–Crippen MR) is 57.7 cm³/mol. The summed E-state index contributed by atoms with van der Waals surface area (Å²) < 4.78 is 28.1. The molecule has 0 N–H and O–H groups in total. The van der Waals surface area contributed by atoms with Crippen LogP contribution in [0.15, 0.2) is 18.2 Å². The van der Waals surface area contributed by atoms with Crippen LogP contribution in [0, 0.1) is 0 Å². The van der Waals surface area contributed by atoms with Crippen LogP contribution in [0.5, 0.6) is 5.75 Å². The molecule has 0 aliphatic heterocycles. The molecule has 0 aliphatic carbocycles. The van der Waals surface area contributed by atoms with E-state index < -0.39 is 17.8 Å². The lowest BCUT2D eigenvalue weighted by molar-refractivity contribution is -0.0498. The number of carbonyl (C=O) groups excluding carboxylic acids is 1. The third-order valence-corrected chi connectivity index (χ3v) is 2.16. The second kappa shape index (κ2) is 5.46. The Morgan fingerprint density at radius 1 is 1.38 bits per heavy atom. The maximum atomic E-state index is 12.0. The van der Waals surface area contributed by atoms with Gasteiger partial charge in [0.25, 0.3) is 0 Å². The molecule has 0 bridgehead atoms. The Kier molecular flexibility index (Phi) is 4.50. The van der Waals surface area contributed by atoms with E-state index in [4.69, 9.17) is 23.2 Å². The average Bonchev–Trinajstić information content (AvgIpc) is 2.14. The summed E-state index contributed by atoms with van der Waals surface area (Å²) >= 11 is 11.3. The zero-order valence-corrected chi connectivity index (χ0v) is 9.73. The van der Waals surface area contributed by atoms with E-state index in [1.807, 2.05) is 0 Å². The highest BCUT2D eigenvalue weighted by Crippen LogP contribution is 2.24. The number of rotatable bonds is 4. The van der Waals surface area contributed by atoms with Gasteiger partial charge in [-0.1, -0.05) is 11.6 Å². The van der Waals surface area contributed by atoms with E-state index in [0.717, 1.165) is 0 Å². The smallest absolute Gasteiger partial charge is 0.387 e. The Morgan fingerprint density at radius 2 is 2.00 bits per heavy atom. The SMILES string of the molecule is CC(Cl)C(=O)c1cc(Cl)cc(OC(F)F)c1. The summed E-state index contributed by atoms with van der Waals surface area (Å²) in [6.07, 6.45) is 0. The van der Waals surface area contributed by atoms with Crippen LogP contribution < -0.4 is 4.74 Å². The van der Waals surface area contributed by atoms with Gasteiger partial charge >= 0.3 is 6.61 Å². The highest BCUT2D eigenvalue weighted by molar-refractivity contribution is 6.34. The largest absolute Gasteiger partial charge is 0.435 e. The van der Waals surface area contributed by atoms with Gasteiger partial charge in [0, 0.05) is 10.6 Å². The van der Waals surface area contributed by atoms with Gasteiger partial charge in [-0.2, -0.15) is 8.78 Å². The standard InChI is InChI=1S/C10H8Cl2F2O2/c1-5(11)9(15)6-2-7(12)4-8(3-6)16-10(13)14/h2-5,10H,1H3. The number of carbonyl (C=O) groups is 1. The average molecular weight is 269 g/mol. The van der Waals surface area contributed by atoms with Crippen molar-refractivity contribution >= 4 is 29.0 Å². The molecule has 1 aromatic carbocycles. The molecular weight excluding hydrogens is 261 g/mol. The first-order valence-electron chi connectivity index (χ1n) is 4.34. The number of ether oxygens (including phenoxy) is 1. The Balaban J connectivity index is 3.03. The van der Waals surface area contributed by atoms with Crippen molar-refractivity contribution < 1.29 is 18.3 Å². The molecule has 2 nitrogen and oxygen atoms in total. The second-order valence-corrected chi connectivity index (χ2v) is 4.13. The van der Waals surface area contributed by atoms with E-state index in [0.29, 0.717) is 0 Å². The summed E-state index contributed by atoms with van der Waals surface area (Å²) in [7, 11) is 0. The Labute approximate surface area is 101 Å². The summed E-state index contributed by atoms with van der Waals surface area (Å²) in [6.45, 7) is -1.48. The van der Waals surface area contributed by atoms with E-state index in [2.05, 4.69) is 4.74 Å². The monoisotopic (exact) mass is 268 g/mol. The lowest BCUT2D eigenvalue weighted by Gasteiger charge is -2.08. The number of ketones is 1. The first-order valence-corrected chi connectivity index (χ1v) is 5.15. The first kappa shape index (κ1) is 13.2. The Hall–Kier alpha value is -0.870. The number of alkyl halides is 3. The molecule has 1 unspecified atom stereocenters. The van der Waals surface area contributed by atoms with Crippen molar-refractivity contribution in [3.8, 4) is 5.75 Å². The van der Waals surface area contributed by atoms with Gasteiger partial charge in [0.15, 0.2) is 5.78 Å². The molecule has 0 saturated carbocycles. The van der Waals surface area contributed by atoms with Gasteiger partial charge in [-0.05, 0) is 25.1 Å². The molecule has 0 aromatic heterocycles. The molecule has 0 aliphatic rings. The number of halogens is 4. The summed E-state index contributed by atoms with van der Waals surface area (Å²) in [4.78, 5) is 11.5. The van der Waals surface area contributed by atoms with E-state index in [1.54, 1.807) is 0 Å². The van der Waals surface area contributed by atoms with Crippen molar-refractivity contribution in [2.24, 2.45) is 0 Å². The van der Waals surface area contributed by atoms with Gasteiger partial charge in [0.2, 0.25) is 0 Å². The summed E-state index contributed by atoms with van der Waals surface area (Å²) in [5, 5.41) is -0.614. The Bertz CT molecular complexity index is 394. The van der Waals surface area contributed by atoms with Crippen LogP contribution in [0.2, 0.25) is 5.02 Å². The van der Waals surface area contributed by atoms with E-state index in [1.165, 1.54) is 25.1 Å². The zero-order valence-electron chi connectivity index (χ0n) is 8.22. The molecule has 0 saturated heterocycles. The van der Waals surface area contributed by atoms with Crippen LogP contribution in [0.25, 0.3) is 0 Å². The molecule has 6 heteroatoms. The predicted octanol–water partition coefficient (Wildman–Crippen LogP) is 3.75. The fourth-order valence-electron chi connectivity index (χ4n) is 1.11. The minimum Gasteiger partial charge on any atom is -0.435 e. The fourth-order valence-corrected chi connectivity index (χ4v) is 1.46. The normalized spacial score (nSPS) is 12.6. The number of Topliss-reactive ketones (excluding diaryl/α,β-unsaturated/α-hetero) is 1. The summed E-state index contributed by atoms with van der Waals surface area (Å²) in [6, 6.07) is 3.73. The summed E-state index contributed by atoms with van der Waals surface area (Å²) in [5.41, 5.74) is 0.144. The highest BCUT2D eigenvalue weighted by Gasteiger charge is 2.15. The van der Waals surface area contributed by atoms with Crippen LogP contribution in [-0.4, -0.2) is 17.8 Å². The molecule has 16 heavy (non-hydrogen) atoms. The Morgan fingerprint density at radius 3 is 2.50 bits per heavy atom. The summed E-state index contributed by atoms with van der Waals surface area (Å²) in [5.74, 6) is -0.563. The van der Waals surface area contributed by atoms with E-state index in [9.17, 15) is 13.6 Å². The second-order valence-electron chi connectivity index (χ2n) is 3.03. The van der Waals surface area contributed by atoms with Gasteiger partial charge in [-0.15, -0.1) is 11.6 Å². The van der Waals surface area contributed by atoms with Gasteiger partial charge in [0.1, 0.15) is 5.75 Å². The molecule has 1 rings (SSSR count). The minimum absolute atomic E-state index is 0.138. The molecule has 0 fully saturated rings. The lowest BCUT2D eigenvalue weighted by atomic mass is 10.1. The van der Waals surface area contributed by atoms with Gasteiger partial charge in [-0.3, -0.25) is 4.79 Å². The third kappa shape index (κ3) is 3.61. The van der Waals surface area contributed by atoms with Crippen molar-refractivity contribution in [3.05, 3.63) is 28.8 Å². The van der Waals surface area contributed by atoms with Crippen molar-refractivity contribution in [1.82, 2.24) is 0 Å². The van der Waals surface area contributed by atoms with E-state index >= 15 is 0 Å². The maximum absolute atomic E-state index is 12.0. The van der Waals surface area contributed by atoms with Crippen LogP contribution >= 0.6 is 23.2 Å². The molecule has 0 amide bonds. The fraction of sp³-hybridized carbons (Fsp3) is 0.300. The van der Waals surface area contributed by atoms with E-state index in [-0.39, 0.29) is 16.3 Å². The molecule has 0 radical (unpaired) electrons. The third-order valence-electron chi connectivity index (χ3n) is 1.74. The highest BCUT2D eigenvalue weighted by atomic mass is 35.5. The van der Waals surface area contributed by atoms with Crippen molar-refractivity contribution in [2.75, 3.05) is 0 Å². The van der Waals surface area contributed by atoms with Crippen LogP contribution in [0.3, 0.4) is 0 Å². The molecule has 1 atom stereocenters. The molecule has 1 aromatic rings. The molecular formula is C10H8Cl2F2O2.